The number of amides is 2. The van der Waals surface area contributed by atoms with E-state index >= 15 is 0 Å². The quantitative estimate of drug-likeness (QED) is 0.141. The molecule has 2 heterocycles. The van der Waals surface area contributed by atoms with Crippen molar-refractivity contribution in [3.8, 4) is 11.4 Å². The SMILES string of the molecule is Cc1ccc(C)c(N2C(=O)/C(=C/c3cc(C)n(-c4ccc(OCc5ccc(Cl)cc5Cl)cc4)c3C)C(=O)NC2=S)c1. The third kappa shape index (κ3) is 5.79. The second kappa shape index (κ2) is 11.5. The number of benzene rings is 3. The summed E-state index contributed by atoms with van der Waals surface area (Å²) in [5.74, 6) is -0.287. The van der Waals surface area contributed by atoms with Gasteiger partial charge >= 0.3 is 0 Å². The Morgan fingerprint density at radius 3 is 2.37 bits per heavy atom. The van der Waals surface area contributed by atoms with Crippen LogP contribution >= 0.6 is 35.4 Å². The number of nitrogens with one attached hydrogen (secondary N) is 1. The van der Waals surface area contributed by atoms with Gasteiger partial charge in [-0.15, -0.1) is 0 Å². The van der Waals surface area contributed by atoms with Crippen LogP contribution in [0.25, 0.3) is 11.8 Å². The van der Waals surface area contributed by atoms with Crippen molar-refractivity contribution in [3.63, 3.8) is 0 Å². The highest BCUT2D eigenvalue weighted by Crippen LogP contribution is 2.29. The fraction of sp³-hybridized carbons (Fsp3) is 0.156. The second-order valence-electron chi connectivity index (χ2n) is 9.93. The van der Waals surface area contributed by atoms with Gasteiger partial charge in [0.1, 0.15) is 17.9 Å². The van der Waals surface area contributed by atoms with Crippen LogP contribution in [0.5, 0.6) is 5.75 Å². The van der Waals surface area contributed by atoms with Crippen LogP contribution < -0.4 is 15.0 Å². The van der Waals surface area contributed by atoms with Crippen molar-refractivity contribution < 1.29 is 14.3 Å². The maximum atomic E-state index is 13.6. The number of nitrogens with zero attached hydrogens (tertiary/aromatic N) is 2. The predicted molar refractivity (Wildman–Crippen MR) is 168 cm³/mol. The molecule has 0 saturated carbocycles. The number of carbonyl (C=O) groups excluding carboxylic acids is 2. The first-order chi connectivity index (χ1) is 19.5. The molecule has 0 spiro atoms. The van der Waals surface area contributed by atoms with E-state index in [4.69, 9.17) is 40.2 Å². The molecule has 41 heavy (non-hydrogen) atoms. The van der Waals surface area contributed by atoms with Gasteiger partial charge in [-0.25, -0.2) is 0 Å². The lowest BCUT2D eigenvalue weighted by atomic mass is 10.0. The van der Waals surface area contributed by atoms with Gasteiger partial charge in [-0.05, 0) is 111 Å². The summed E-state index contributed by atoms with van der Waals surface area (Å²) in [7, 11) is 0. The molecule has 208 valence electrons. The van der Waals surface area contributed by atoms with Crippen molar-refractivity contribution >= 4 is 64.1 Å². The zero-order chi connectivity index (χ0) is 29.4. The molecule has 3 aromatic carbocycles. The lowest BCUT2D eigenvalue weighted by Crippen LogP contribution is -2.54. The molecule has 1 aliphatic rings. The van der Waals surface area contributed by atoms with Crippen LogP contribution in [0.3, 0.4) is 0 Å². The molecule has 5 rings (SSSR count). The van der Waals surface area contributed by atoms with E-state index < -0.39 is 11.8 Å². The van der Waals surface area contributed by atoms with Crippen LogP contribution in [0.4, 0.5) is 5.69 Å². The molecule has 1 aromatic heterocycles. The normalized spacial score (nSPS) is 14.5. The van der Waals surface area contributed by atoms with Gasteiger partial charge in [0.05, 0.1) is 5.69 Å². The highest BCUT2D eigenvalue weighted by atomic mass is 35.5. The van der Waals surface area contributed by atoms with Crippen LogP contribution in [-0.2, 0) is 16.2 Å². The Bertz CT molecular complexity index is 1740. The molecule has 0 aliphatic carbocycles. The summed E-state index contributed by atoms with van der Waals surface area (Å²) in [6.45, 7) is 8.08. The number of carbonyl (C=O) groups is 2. The summed E-state index contributed by atoms with van der Waals surface area (Å²) in [5, 5.41) is 3.87. The van der Waals surface area contributed by atoms with Crippen LogP contribution in [0.2, 0.25) is 10.0 Å². The van der Waals surface area contributed by atoms with Crippen molar-refractivity contribution in [2.45, 2.75) is 34.3 Å². The van der Waals surface area contributed by atoms with E-state index in [0.29, 0.717) is 28.1 Å². The van der Waals surface area contributed by atoms with Gasteiger partial charge in [0, 0.05) is 32.7 Å². The summed E-state index contributed by atoms with van der Waals surface area (Å²) in [6, 6.07) is 20.7. The Hall–Kier alpha value is -3.91. The number of aromatic nitrogens is 1. The van der Waals surface area contributed by atoms with Gasteiger partial charge in [-0.3, -0.25) is 19.8 Å². The van der Waals surface area contributed by atoms with Crippen molar-refractivity contribution in [1.82, 2.24) is 9.88 Å². The van der Waals surface area contributed by atoms with E-state index in [9.17, 15) is 9.59 Å². The Morgan fingerprint density at radius 2 is 1.66 bits per heavy atom. The molecular weight excluding hydrogens is 577 g/mol. The molecule has 1 aliphatic heterocycles. The fourth-order valence-corrected chi connectivity index (χ4v) is 5.55. The van der Waals surface area contributed by atoms with E-state index in [0.717, 1.165) is 39.3 Å². The molecular formula is C32H27Cl2N3O3S. The minimum absolute atomic E-state index is 0.0179. The number of hydrogen-bond donors (Lipinski definition) is 1. The van der Waals surface area contributed by atoms with E-state index in [1.807, 2.05) is 82.3 Å². The van der Waals surface area contributed by atoms with Crippen LogP contribution in [0.15, 0.2) is 72.3 Å². The van der Waals surface area contributed by atoms with Crippen molar-refractivity contribution in [2.75, 3.05) is 4.90 Å². The van der Waals surface area contributed by atoms with E-state index in [2.05, 4.69) is 9.88 Å². The maximum Gasteiger partial charge on any atom is 0.270 e. The molecule has 9 heteroatoms. The van der Waals surface area contributed by atoms with Gasteiger partial charge in [-0.1, -0.05) is 41.4 Å². The van der Waals surface area contributed by atoms with E-state index in [1.54, 1.807) is 18.2 Å². The number of anilines is 1. The molecule has 0 unspecified atom stereocenters. The zero-order valence-corrected chi connectivity index (χ0v) is 25.2. The summed E-state index contributed by atoms with van der Waals surface area (Å²) in [4.78, 5) is 27.9. The number of thiocarbonyl (C=S) groups is 1. The predicted octanol–water partition coefficient (Wildman–Crippen LogP) is 7.43. The monoisotopic (exact) mass is 603 g/mol. The number of ether oxygens (including phenoxy) is 1. The standard InChI is InChI=1S/C32H27Cl2N3O3S/c1-18-5-6-19(2)29(13-18)37-31(39)27(30(38)35-32(37)41)15-23-14-20(3)36(21(23)4)25-9-11-26(12-10-25)40-17-22-7-8-24(33)16-28(22)34/h5-16H,17H2,1-4H3,(H,35,38,41)/b27-15+. The van der Waals surface area contributed by atoms with Crippen molar-refractivity contribution in [3.05, 3.63) is 116 Å². The minimum atomic E-state index is -0.520. The first-order valence-corrected chi connectivity index (χ1v) is 14.0. The van der Waals surface area contributed by atoms with Crippen LogP contribution in [0.1, 0.15) is 33.6 Å². The van der Waals surface area contributed by atoms with E-state index in [1.165, 1.54) is 4.90 Å². The summed E-state index contributed by atoms with van der Waals surface area (Å²) in [6.07, 6.45) is 1.63. The molecule has 0 atom stereocenters. The highest BCUT2D eigenvalue weighted by molar-refractivity contribution is 7.80. The number of hydrogen-bond acceptors (Lipinski definition) is 4. The molecule has 2 amide bonds. The van der Waals surface area contributed by atoms with Gasteiger partial charge in [0.2, 0.25) is 0 Å². The smallest absolute Gasteiger partial charge is 0.270 e. The van der Waals surface area contributed by atoms with Crippen molar-refractivity contribution in [1.29, 1.82) is 0 Å². The number of aryl methyl sites for hydroxylation is 3. The molecule has 1 saturated heterocycles. The van der Waals surface area contributed by atoms with E-state index in [-0.39, 0.29) is 10.7 Å². The lowest BCUT2D eigenvalue weighted by Gasteiger charge is -2.30. The molecule has 4 aromatic rings. The Balaban J connectivity index is 1.40. The summed E-state index contributed by atoms with van der Waals surface area (Å²) >= 11 is 17.6. The van der Waals surface area contributed by atoms with Crippen LogP contribution in [0, 0.1) is 27.7 Å². The molecule has 0 radical (unpaired) electrons. The molecule has 6 nitrogen and oxygen atoms in total. The van der Waals surface area contributed by atoms with Crippen LogP contribution in [-0.4, -0.2) is 21.5 Å². The summed E-state index contributed by atoms with van der Waals surface area (Å²) < 4.78 is 7.98. The van der Waals surface area contributed by atoms with Crippen molar-refractivity contribution in [2.24, 2.45) is 0 Å². The number of rotatable bonds is 6. The van der Waals surface area contributed by atoms with Gasteiger partial charge in [0.15, 0.2) is 5.11 Å². The van der Waals surface area contributed by atoms with Gasteiger partial charge in [-0.2, -0.15) is 0 Å². The molecule has 1 N–H and O–H groups in total. The highest BCUT2D eigenvalue weighted by Gasteiger charge is 2.35. The maximum absolute atomic E-state index is 13.6. The Kier molecular flexibility index (Phi) is 8.04. The first-order valence-electron chi connectivity index (χ1n) is 12.9. The average molecular weight is 605 g/mol. The summed E-state index contributed by atoms with van der Waals surface area (Å²) in [5.41, 5.74) is 6.87. The lowest BCUT2D eigenvalue weighted by molar-refractivity contribution is -0.122. The first kappa shape index (κ1) is 28.6. The Morgan fingerprint density at radius 1 is 0.927 bits per heavy atom. The molecule has 0 bridgehead atoms. The zero-order valence-electron chi connectivity index (χ0n) is 22.9. The Labute approximate surface area is 254 Å². The number of halogens is 2. The average Bonchev–Trinajstić information content (AvgIpc) is 3.20. The fourth-order valence-electron chi connectivity index (χ4n) is 4.81. The third-order valence-electron chi connectivity index (χ3n) is 6.98. The van der Waals surface area contributed by atoms with Gasteiger partial charge in [0.25, 0.3) is 11.8 Å². The molecule has 1 fully saturated rings. The third-order valence-corrected chi connectivity index (χ3v) is 7.85. The second-order valence-corrected chi connectivity index (χ2v) is 11.2. The largest absolute Gasteiger partial charge is 0.489 e. The topological polar surface area (TPSA) is 63.6 Å². The van der Waals surface area contributed by atoms with Gasteiger partial charge < -0.3 is 9.30 Å². The minimum Gasteiger partial charge on any atom is -0.489 e.